The van der Waals surface area contributed by atoms with Crippen LogP contribution in [0.15, 0.2) is 21.5 Å². The third-order valence-electron chi connectivity index (χ3n) is 1.10. The summed E-state index contributed by atoms with van der Waals surface area (Å²) in [6.07, 6.45) is 1.31. The van der Waals surface area contributed by atoms with E-state index in [1.54, 1.807) is 6.07 Å². The fourth-order valence-corrected chi connectivity index (χ4v) is 1.20. The fourth-order valence-electron chi connectivity index (χ4n) is 0.662. The minimum Gasteiger partial charge on any atom is -0.430 e. The minimum atomic E-state index is -0.368. The molecule has 50 valence electrons. The third-order valence-corrected chi connectivity index (χ3v) is 1.82. The van der Waals surface area contributed by atoms with Crippen molar-refractivity contribution in [3.05, 3.63) is 22.7 Å². The second kappa shape index (κ2) is 1.88. The van der Waals surface area contributed by atoms with Crippen molar-refractivity contribution in [2.45, 2.75) is 0 Å². The molecule has 0 aliphatic rings. The molecule has 0 spiro atoms. The van der Waals surface area contributed by atoms with E-state index in [0.29, 0.717) is 10.2 Å². The lowest BCUT2D eigenvalue weighted by molar-refractivity contribution is 0.520. The summed E-state index contributed by atoms with van der Waals surface area (Å²) in [5.41, 5.74) is 0.230. The first-order chi connectivity index (χ1) is 4.88. The monoisotopic (exact) mass is 154 g/mol. The predicted molar refractivity (Wildman–Crippen MR) is 36.0 cm³/mol. The maximum atomic E-state index is 10.8. The van der Waals surface area contributed by atoms with Crippen LogP contribution in [0, 0.1) is 0 Å². The van der Waals surface area contributed by atoms with E-state index in [-0.39, 0.29) is 5.63 Å². The van der Waals surface area contributed by atoms with Crippen LogP contribution in [0.4, 0.5) is 0 Å². The van der Waals surface area contributed by atoms with Crippen molar-refractivity contribution < 1.29 is 4.42 Å². The first-order valence-electron chi connectivity index (χ1n) is 2.58. The van der Waals surface area contributed by atoms with E-state index in [2.05, 4.69) is 14.0 Å². The molecule has 0 aliphatic heterocycles. The molecular weight excluding hydrogens is 152 g/mol. The third kappa shape index (κ3) is 0.640. The zero-order valence-electron chi connectivity index (χ0n) is 4.77. The standard InChI is InChI=1S/C5H2N2O2S/c8-5-4-3(1-2-9-5)6-7-10-4/h1-2H. The second-order valence-corrected chi connectivity index (χ2v) is 2.45. The van der Waals surface area contributed by atoms with E-state index in [0.717, 1.165) is 11.5 Å². The van der Waals surface area contributed by atoms with Gasteiger partial charge < -0.3 is 4.42 Å². The molecular formula is C5H2N2O2S. The highest BCUT2D eigenvalue weighted by molar-refractivity contribution is 7.12. The van der Waals surface area contributed by atoms with Crippen LogP contribution < -0.4 is 5.63 Å². The molecule has 0 bridgehead atoms. The Hall–Kier alpha value is -1.23. The molecule has 0 saturated carbocycles. The SMILES string of the molecule is O=c1occc2nnsc12. The molecule has 4 nitrogen and oxygen atoms in total. The Kier molecular flexibility index (Phi) is 1.04. The summed E-state index contributed by atoms with van der Waals surface area (Å²) in [6.45, 7) is 0. The van der Waals surface area contributed by atoms with Crippen LogP contribution in [0.5, 0.6) is 0 Å². The maximum absolute atomic E-state index is 10.8. The van der Waals surface area contributed by atoms with Crippen molar-refractivity contribution in [1.82, 2.24) is 9.59 Å². The molecule has 0 N–H and O–H groups in total. The largest absolute Gasteiger partial charge is 0.430 e. The average Bonchev–Trinajstić information content (AvgIpc) is 2.36. The lowest BCUT2D eigenvalue weighted by Gasteiger charge is -1.78. The average molecular weight is 154 g/mol. The van der Waals surface area contributed by atoms with E-state index in [1.807, 2.05) is 0 Å². The van der Waals surface area contributed by atoms with Gasteiger partial charge in [-0.3, -0.25) is 0 Å². The zero-order valence-corrected chi connectivity index (χ0v) is 5.59. The molecule has 0 unspecified atom stereocenters. The zero-order chi connectivity index (χ0) is 6.97. The molecule has 2 aromatic rings. The molecule has 5 heteroatoms. The fraction of sp³-hybridized carbons (Fsp3) is 0. The van der Waals surface area contributed by atoms with Gasteiger partial charge in [0.25, 0.3) is 0 Å². The van der Waals surface area contributed by atoms with Gasteiger partial charge in [-0.1, -0.05) is 4.49 Å². The second-order valence-electron chi connectivity index (χ2n) is 1.70. The molecule has 10 heavy (non-hydrogen) atoms. The van der Waals surface area contributed by atoms with Crippen LogP contribution in [-0.4, -0.2) is 9.59 Å². The Morgan fingerprint density at radius 3 is 3.30 bits per heavy atom. The van der Waals surface area contributed by atoms with E-state index in [1.165, 1.54) is 6.26 Å². The Balaban J connectivity index is 3.09. The summed E-state index contributed by atoms with van der Waals surface area (Å²) < 4.78 is 8.64. The summed E-state index contributed by atoms with van der Waals surface area (Å²) in [5, 5.41) is 3.69. The summed E-state index contributed by atoms with van der Waals surface area (Å²) in [5.74, 6) is 0. The van der Waals surface area contributed by atoms with Crippen molar-refractivity contribution in [3.8, 4) is 0 Å². The van der Waals surface area contributed by atoms with Gasteiger partial charge in [-0.25, -0.2) is 4.79 Å². The lowest BCUT2D eigenvalue weighted by Crippen LogP contribution is -1.93. The van der Waals surface area contributed by atoms with Gasteiger partial charge in [0.1, 0.15) is 5.52 Å². The van der Waals surface area contributed by atoms with Gasteiger partial charge in [-0.2, -0.15) is 0 Å². The molecule has 0 saturated heterocycles. The van der Waals surface area contributed by atoms with E-state index in [9.17, 15) is 4.79 Å². The molecule has 0 aromatic carbocycles. The number of nitrogens with zero attached hydrogens (tertiary/aromatic N) is 2. The lowest BCUT2D eigenvalue weighted by atomic mass is 10.5. The van der Waals surface area contributed by atoms with Gasteiger partial charge in [0.15, 0.2) is 4.70 Å². The molecule has 2 heterocycles. The number of hydrogen-bond acceptors (Lipinski definition) is 5. The Labute approximate surface area is 59.3 Å². The molecule has 0 aliphatic carbocycles. The van der Waals surface area contributed by atoms with Gasteiger partial charge >= 0.3 is 5.63 Å². The van der Waals surface area contributed by atoms with Crippen LogP contribution in [0.25, 0.3) is 10.2 Å². The first-order valence-corrected chi connectivity index (χ1v) is 3.35. The number of hydrogen-bond donors (Lipinski definition) is 0. The van der Waals surface area contributed by atoms with Crippen molar-refractivity contribution in [3.63, 3.8) is 0 Å². The predicted octanol–water partition coefficient (Wildman–Crippen LogP) is 0.644. The number of fused-ring (bicyclic) bond motifs is 1. The Bertz CT molecular complexity index is 405. The van der Waals surface area contributed by atoms with Gasteiger partial charge in [0.2, 0.25) is 0 Å². The molecule has 0 atom stereocenters. The Morgan fingerprint density at radius 2 is 2.50 bits per heavy atom. The van der Waals surface area contributed by atoms with E-state index >= 15 is 0 Å². The van der Waals surface area contributed by atoms with E-state index in [4.69, 9.17) is 0 Å². The van der Waals surface area contributed by atoms with Crippen LogP contribution >= 0.6 is 11.5 Å². The van der Waals surface area contributed by atoms with Crippen LogP contribution in [-0.2, 0) is 0 Å². The van der Waals surface area contributed by atoms with Crippen LogP contribution in [0.3, 0.4) is 0 Å². The van der Waals surface area contributed by atoms with Gasteiger partial charge in [-0.15, -0.1) is 5.10 Å². The highest BCUT2D eigenvalue weighted by atomic mass is 32.1. The van der Waals surface area contributed by atoms with Gasteiger partial charge in [0.05, 0.1) is 6.26 Å². The first kappa shape index (κ1) is 5.55. The normalized spacial score (nSPS) is 10.4. The molecule has 2 aromatic heterocycles. The van der Waals surface area contributed by atoms with Crippen molar-refractivity contribution >= 4 is 21.7 Å². The maximum Gasteiger partial charge on any atom is 0.357 e. The van der Waals surface area contributed by atoms with Crippen molar-refractivity contribution in [1.29, 1.82) is 0 Å². The minimum absolute atomic E-state index is 0.368. The van der Waals surface area contributed by atoms with Crippen LogP contribution in [0.2, 0.25) is 0 Å². The number of aromatic nitrogens is 2. The smallest absolute Gasteiger partial charge is 0.357 e. The van der Waals surface area contributed by atoms with Crippen molar-refractivity contribution in [2.24, 2.45) is 0 Å². The van der Waals surface area contributed by atoms with E-state index < -0.39 is 0 Å². The molecule has 0 amide bonds. The summed E-state index contributed by atoms with van der Waals surface area (Å²) in [7, 11) is 0. The number of rotatable bonds is 0. The van der Waals surface area contributed by atoms with Gasteiger partial charge in [0, 0.05) is 6.07 Å². The highest BCUT2D eigenvalue weighted by Gasteiger charge is 2.01. The van der Waals surface area contributed by atoms with Crippen molar-refractivity contribution in [2.75, 3.05) is 0 Å². The molecule has 2 rings (SSSR count). The summed E-state index contributed by atoms with van der Waals surface area (Å²) in [6, 6.07) is 1.61. The van der Waals surface area contributed by atoms with Gasteiger partial charge in [-0.05, 0) is 11.5 Å². The highest BCUT2D eigenvalue weighted by Crippen LogP contribution is 2.07. The van der Waals surface area contributed by atoms with Crippen LogP contribution in [0.1, 0.15) is 0 Å². The topological polar surface area (TPSA) is 56.0 Å². The molecule has 0 radical (unpaired) electrons. The molecule has 0 fully saturated rings. The summed E-state index contributed by atoms with van der Waals surface area (Å²) in [4.78, 5) is 10.8. The Morgan fingerprint density at radius 1 is 1.60 bits per heavy atom. The quantitative estimate of drug-likeness (QED) is 0.558. The summed E-state index contributed by atoms with van der Waals surface area (Å²) >= 11 is 1.05.